The Bertz CT molecular complexity index is 1600. The molecule has 178 valence electrons. The summed E-state index contributed by atoms with van der Waals surface area (Å²) >= 11 is 7.68. The lowest BCUT2D eigenvalue weighted by atomic mass is 9.96. The number of esters is 1. The Balaban J connectivity index is 1.85. The van der Waals surface area contributed by atoms with Gasteiger partial charge in [0.05, 0.1) is 29.6 Å². The van der Waals surface area contributed by atoms with Gasteiger partial charge in [0.25, 0.3) is 11.5 Å². The van der Waals surface area contributed by atoms with Crippen molar-refractivity contribution in [3.8, 4) is 0 Å². The van der Waals surface area contributed by atoms with Gasteiger partial charge in [-0.15, -0.1) is 0 Å². The van der Waals surface area contributed by atoms with E-state index in [4.69, 9.17) is 16.3 Å². The number of allylic oxidation sites excluding steroid dienone is 1. The molecule has 0 aliphatic carbocycles. The van der Waals surface area contributed by atoms with Crippen molar-refractivity contribution in [1.29, 1.82) is 0 Å². The zero-order chi connectivity index (χ0) is 24.9. The molecule has 0 unspecified atom stereocenters. The first-order chi connectivity index (χ1) is 16.9. The summed E-state index contributed by atoms with van der Waals surface area (Å²) in [6.07, 6.45) is 0.781. The van der Waals surface area contributed by atoms with Gasteiger partial charge in [0.15, 0.2) is 4.80 Å². The van der Waals surface area contributed by atoms with Crippen LogP contribution in [0.25, 0.3) is 5.57 Å². The molecule has 0 N–H and O–H groups in total. The lowest BCUT2D eigenvalue weighted by molar-refractivity contribution is -0.136. The number of anilines is 1. The standard InChI is InChI=1S/C26H22ClN3O4S/c1-4-13-29-18-12-8-6-10-16(18)20(23(29)31)22-24(32)30-21(15-9-5-7-11-17(15)27)19(25(33)34-3)14(2)28-26(30)35-22/h5-12,21H,4,13H2,1-3H3/t21-/m0/s1. The molecule has 0 saturated carbocycles. The molecule has 2 aliphatic heterocycles. The molecule has 0 bridgehead atoms. The molecule has 1 aromatic heterocycles. The highest BCUT2D eigenvalue weighted by atomic mass is 35.5. The molecule has 5 rings (SSSR count). The molecule has 3 aromatic rings. The van der Waals surface area contributed by atoms with E-state index in [-0.39, 0.29) is 16.0 Å². The van der Waals surface area contributed by atoms with Gasteiger partial charge in [-0.1, -0.05) is 66.3 Å². The quantitative estimate of drug-likeness (QED) is 0.508. The van der Waals surface area contributed by atoms with Crippen molar-refractivity contribution in [1.82, 2.24) is 4.57 Å². The van der Waals surface area contributed by atoms with Crippen LogP contribution < -0.4 is 19.8 Å². The summed E-state index contributed by atoms with van der Waals surface area (Å²) in [7, 11) is 1.29. The van der Waals surface area contributed by atoms with E-state index in [1.807, 2.05) is 31.2 Å². The number of ether oxygens (including phenoxy) is 1. The van der Waals surface area contributed by atoms with Crippen LogP contribution >= 0.6 is 22.9 Å². The highest BCUT2D eigenvalue weighted by molar-refractivity contribution is 7.07. The van der Waals surface area contributed by atoms with E-state index < -0.39 is 17.6 Å². The largest absolute Gasteiger partial charge is 0.466 e. The van der Waals surface area contributed by atoms with Crippen molar-refractivity contribution in [2.75, 3.05) is 18.6 Å². The molecule has 9 heteroatoms. The monoisotopic (exact) mass is 507 g/mol. The second-order valence-corrected chi connectivity index (χ2v) is 9.65. The Morgan fingerprint density at radius 2 is 1.86 bits per heavy atom. The number of carbonyl (C=O) groups is 2. The van der Waals surface area contributed by atoms with Crippen molar-refractivity contribution < 1.29 is 14.3 Å². The van der Waals surface area contributed by atoms with Gasteiger partial charge in [-0.2, -0.15) is 0 Å². The molecule has 2 aromatic carbocycles. The Hall–Kier alpha value is -3.49. The minimum Gasteiger partial charge on any atom is -0.466 e. The average molecular weight is 508 g/mol. The topological polar surface area (TPSA) is 81.0 Å². The van der Waals surface area contributed by atoms with Crippen molar-refractivity contribution >= 4 is 46.1 Å². The van der Waals surface area contributed by atoms with E-state index >= 15 is 0 Å². The normalized spacial score (nSPS) is 18.3. The first-order valence-corrected chi connectivity index (χ1v) is 12.4. The number of thiazole rings is 1. The smallest absolute Gasteiger partial charge is 0.338 e. The third-order valence-electron chi connectivity index (χ3n) is 6.20. The first-order valence-electron chi connectivity index (χ1n) is 11.2. The maximum Gasteiger partial charge on any atom is 0.338 e. The number of para-hydroxylation sites is 1. The van der Waals surface area contributed by atoms with Crippen LogP contribution in [0, 0.1) is 0 Å². The Morgan fingerprint density at radius 3 is 2.57 bits per heavy atom. The molecular weight excluding hydrogens is 486 g/mol. The molecule has 1 amide bonds. The Labute approximate surface area is 210 Å². The SMILES string of the molecule is CCCN1C(=O)C(=c2sc3n(c2=O)[C@@H](c2ccccc2Cl)C(C(=O)OC)=C(C)N=3)c2ccccc21. The van der Waals surface area contributed by atoms with Gasteiger partial charge < -0.3 is 9.64 Å². The summed E-state index contributed by atoms with van der Waals surface area (Å²) in [5.74, 6) is -0.804. The summed E-state index contributed by atoms with van der Waals surface area (Å²) < 4.78 is 6.78. The second-order valence-electron chi connectivity index (χ2n) is 8.26. The van der Waals surface area contributed by atoms with Crippen LogP contribution in [0.2, 0.25) is 5.02 Å². The molecule has 0 fully saturated rings. The molecular formula is C26H22ClN3O4S. The number of amides is 1. The Kier molecular flexibility index (Phi) is 5.94. The van der Waals surface area contributed by atoms with Gasteiger partial charge in [-0.05, 0) is 31.0 Å². The number of aromatic nitrogens is 1. The number of halogens is 1. The maximum absolute atomic E-state index is 14.0. The fourth-order valence-electron chi connectivity index (χ4n) is 4.68. The van der Waals surface area contributed by atoms with E-state index in [2.05, 4.69) is 4.99 Å². The van der Waals surface area contributed by atoms with Crippen LogP contribution in [0.4, 0.5) is 5.69 Å². The summed E-state index contributed by atoms with van der Waals surface area (Å²) in [5, 5.41) is 0.406. The average Bonchev–Trinajstić information content (AvgIpc) is 3.31. The summed E-state index contributed by atoms with van der Waals surface area (Å²) in [5.41, 5.74) is 2.71. The van der Waals surface area contributed by atoms with E-state index in [1.54, 1.807) is 36.1 Å². The summed E-state index contributed by atoms with van der Waals surface area (Å²) in [4.78, 5) is 47.0. The van der Waals surface area contributed by atoms with Crippen molar-refractivity contribution in [2.45, 2.75) is 26.3 Å². The molecule has 2 aliphatic rings. The molecule has 0 spiro atoms. The van der Waals surface area contributed by atoms with Crippen LogP contribution in [0.3, 0.4) is 0 Å². The maximum atomic E-state index is 14.0. The predicted molar refractivity (Wildman–Crippen MR) is 135 cm³/mol. The predicted octanol–water partition coefficient (Wildman–Crippen LogP) is 3.19. The van der Waals surface area contributed by atoms with Gasteiger partial charge in [0, 0.05) is 17.1 Å². The van der Waals surface area contributed by atoms with Crippen molar-refractivity contribution in [2.24, 2.45) is 4.99 Å². The van der Waals surface area contributed by atoms with Gasteiger partial charge in [-0.25, -0.2) is 9.79 Å². The highest BCUT2D eigenvalue weighted by Gasteiger charge is 2.37. The lowest BCUT2D eigenvalue weighted by Gasteiger charge is -2.25. The zero-order valence-electron chi connectivity index (χ0n) is 19.4. The molecule has 0 saturated heterocycles. The number of rotatable bonds is 4. The van der Waals surface area contributed by atoms with Crippen LogP contribution in [0.1, 0.15) is 37.4 Å². The first kappa shape index (κ1) is 23.3. The molecule has 35 heavy (non-hydrogen) atoms. The number of methoxy groups -OCH3 is 1. The van der Waals surface area contributed by atoms with Gasteiger partial charge in [0.2, 0.25) is 0 Å². The van der Waals surface area contributed by atoms with E-state index in [1.165, 1.54) is 11.7 Å². The van der Waals surface area contributed by atoms with Crippen LogP contribution in [0.5, 0.6) is 0 Å². The number of benzene rings is 2. The molecule has 1 atom stereocenters. The number of fused-ring (bicyclic) bond motifs is 2. The number of hydrogen-bond acceptors (Lipinski definition) is 6. The fourth-order valence-corrected chi connectivity index (χ4v) is 6.06. The highest BCUT2D eigenvalue weighted by Crippen LogP contribution is 2.36. The van der Waals surface area contributed by atoms with Crippen molar-refractivity contribution in [3.63, 3.8) is 0 Å². The van der Waals surface area contributed by atoms with Gasteiger partial charge >= 0.3 is 5.97 Å². The second kappa shape index (κ2) is 8.94. The molecule has 0 radical (unpaired) electrons. The van der Waals surface area contributed by atoms with Gasteiger partial charge in [0.1, 0.15) is 10.6 Å². The van der Waals surface area contributed by atoms with E-state index in [0.717, 1.165) is 29.0 Å². The number of nitrogens with zero attached hydrogens (tertiary/aromatic N) is 3. The third-order valence-corrected chi connectivity index (χ3v) is 7.60. The zero-order valence-corrected chi connectivity index (χ0v) is 20.9. The van der Waals surface area contributed by atoms with Crippen LogP contribution in [-0.2, 0) is 14.3 Å². The molecule has 7 nitrogen and oxygen atoms in total. The number of hydrogen-bond donors (Lipinski definition) is 0. The summed E-state index contributed by atoms with van der Waals surface area (Å²) in [6.45, 7) is 4.25. The lowest BCUT2D eigenvalue weighted by Crippen LogP contribution is -2.41. The molecule has 3 heterocycles. The minimum absolute atomic E-state index is 0.212. The van der Waals surface area contributed by atoms with E-state index in [9.17, 15) is 14.4 Å². The van der Waals surface area contributed by atoms with Gasteiger partial charge in [-0.3, -0.25) is 14.2 Å². The van der Waals surface area contributed by atoms with Crippen LogP contribution in [0.15, 0.2) is 69.6 Å². The number of carbonyl (C=O) groups excluding carboxylic acids is 2. The third kappa shape index (κ3) is 3.56. The summed E-state index contributed by atoms with van der Waals surface area (Å²) in [6, 6.07) is 13.7. The fraction of sp³-hybridized carbons (Fsp3) is 0.231. The van der Waals surface area contributed by atoms with Crippen molar-refractivity contribution in [3.05, 3.63) is 95.6 Å². The Morgan fingerprint density at radius 1 is 1.14 bits per heavy atom. The van der Waals surface area contributed by atoms with Crippen LogP contribution in [-0.4, -0.2) is 30.1 Å². The minimum atomic E-state index is -0.833. The van der Waals surface area contributed by atoms with E-state index in [0.29, 0.717) is 33.2 Å².